The van der Waals surface area contributed by atoms with Crippen LogP contribution in [-0.4, -0.2) is 18.0 Å². The molecule has 0 saturated carbocycles. The highest BCUT2D eigenvalue weighted by molar-refractivity contribution is 9.10. The molecule has 0 fully saturated rings. The Hall–Kier alpha value is -1.03. The van der Waals surface area contributed by atoms with E-state index in [2.05, 4.69) is 15.9 Å². The second-order valence-corrected chi connectivity index (χ2v) is 3.80. The zero-order valence-electron chi connectivity index (χ0n) is 8.00. The number of aromatic hydroxyl groups is 1. The molecule has 1 rings (SSSR count). The van der Waals surface area contributed by atoms with Crippen molar-refractivity contribution in [2.75, 3.05) is 7.11 Å². The highest BCUT2D eigenvalue weighted by atomic mass is 79.9. The molecule has 0 unspecified atom stereocenters. The molecule has 0 aliphatic heterocycles. The molecule has 0 atom stereocenters. The van der Waals surface area contributed by atoms with Gasteiger partial charge in [0.2, 0.25) is 0 Å². The van der Waals surface area contributed by atoms with Gasteiger partial charge in [0.25, 0.3) is 0 Å². The van der Waals surface area contributed by atoms with Crippen molar-refractivity contribution >= 4 is 21.7 Å². The van der Waals surface area contributed by atoms with Crippen molar-refractivity contribution in [2.45, 2.75) is 13.3 Å². The van der Waals surface area contributed by atoms with Gasteiger partial charge in [-0.1, -0.05) is 0 Å². The average Bonchev–Trinajstić information content (AvgIpc) is 2.10. The van der Waals surface area contributed by atoms with Crippen molar-refractivity contribution in [2.24, 2.45) is 0 Å². The third-order valence-corrected chi connectivity index (χ3v) is 2.55. The maximum absolute atomic E-state index is 10.9. The lowest BCUT2D eigenvalue weighted by Crippen LogP contribution is -1.97. The summed E-state index contributed by atoms with van der Waals surface area (Å²) in [4.78, 5) is 10.9. The van der Waals surface area contributed by atoms with Gasteiger partial charge in [-0.25, -0.2) is 0 Å². The Bertz CT molecular complexity index is 361. The minimum absolute atomic E-state index is 0.0498. The first-order chi connectivity index (χ1) is 6.54. The molecule has 1 N–H and O–H groups in total. The average molecular weight is 259 g/mol. The standard InChI is InChI=1S/C10H11BrO3/c1-6(12)3-7-4-8(13)10(11)9(5-7)14-2/h4-5,13H,3H2,1-2H3. The van der Waals surface area contributed by atoms with Gasteiger partial charge in [0.15, 0.2) is 0 Å². The smallest absolute Gasteiger partial charge is 0.137 e. The van der Waals surface area contributed by atoms with Crippen molar-refractivity contribution in [3.05, 3.63) is 22.2 Å². The molecule has 0 bridgehead atoms. The van der Waals surface area contributed by atoms with Gasteiger partial charge in [0.1, 0.15) is 21.8 Å². The van der Waals surface area contributed by atoms with Crippen LogP contribution in [0.25, 0.3) is 0 Å². The van der Waals surface area contributed by atoms with Crippen LogP contribution in [0.15, 0.2) is 16.6 Å². The number of rotatable bonds is 3. The van der Waals surface area contributed by atoms with E-state index >= 15 is 0 Å². The van der Waals surface area contributed by atoms with Crippen LogP contribution in [0, 0.1) is 0 Å². The highest BCUT2D eigenvalue weighted by Gasteiger charge is 2.09. The number of phenolic OH excluding ortho intramolecular Hbond substituents is 1. The minimum Gasteiger partial charge on any atom is -0.507 e. The summed E-state index contributed by atoms with van der Waals surface area (Å²) < 4.78 is 5.54. The molecule has 1 aromatic carbocycles. The molecule has 0 aromatic heterocycles. The molecular formula is C10H11BrO3. The molecule has 0 heterocycles. The minimum atomic E-state index is 0.0498. The number of benzene rings is 1. The fraction of sp³-hybridized carbons (Fsp3) is 0.300. The molecule has 0 radical (unpaired) electrons. The van der Waals surface area contributed by atoms with E-state index in [1.54, 1.807) is 12.1 Å². The maximum Gasteiger partial charge on any atom is 0.137 e. The Balaban J connectivity index is 3.09. The number of halogens is 1. The number of ether oxygens (including phenoxy) is 1. The summed E-state index contributed by atoms with van der Waals surface area (Å²) in [5, 5.41) is 9.49. The van der Waals surface area contributed by atoms with Crippen LogP contribution in [-0.2, 0) is 11.2 Å². The summed E-state index contributed by atoms with van der Waals surface area (Å²) in [6, 6.07) is 3.28. The molecule has 1 aromatic rings. The molecule has 3 nitrogen and oxygen atoms in total. The van der Waals surface area contributed by atoms with Gasteiger partial charge in [-0.05, 0) is 40.5 Å². The molecule has 14 heavy (non-hydrogen) atoms. The maximum atomic E-state index is 10.9. The fourth-order valence-corrected chi connectivity index (χ4v) is 1.57. The predicted molar refractivity (Wildman–Crippen MR) is 56.7 cm³/mol. The molecule has 76 valence electrons. The van der Waals surface area contributed by atoms with Gasteiger partial charge in [0, 0.05) is 6.42 Å². The van der Waals surface area contributed by atoms with E-state index in [1.807, 2.05) is 0 Å². The first-order valence-electron chi connectivity index (χ1n) is 4.09. The van der Waals surface area contributed by atoms with E-state index in [1.165, 1.54) is 14.0 Å². The Morgan fingerprint density at radius 1 is 1.57 bits per heavy atom. The Kier molecular flexibility index (Phi) is 3.52. The third kappa shape index (κ3) is 2.48. The number of carbonyl (C=O) groups excluding carboxylic acids is 1. The van der Waals surface area contributed by atoms with E-state index in [0.29, 0.717) is 16.6 Å². The van der Waals surface area contributed by atoms with Gasteiger partial charge < -0.3 is 9.84 Å². The molecule has 0 amide bonds. The number of methoxy groups -OCH3 is 1. The Labute approximate surface area is 90.8 Å². The second-order valence-electron chi connectivity index (χ2n) is 3.01. The number of ketones is 1. The van der Waals surface area contributed by atoms with Gasteiger partial charge in [-0.15, -0.1) is 0 Å². The van der Waals surface area contributed by atoms with Crippen LogP contribution in [0.4, 0.5) is 0 Å². The summed E-state index contributed by atoms with van der Waals surface area (Å²) >= 11 is 3.18. The third-order valence-electron chi connectivity index (χ3n) is 1.75. The van der Waals surface area contributed by atoms with Crippen LogP contribution in [0.5, 0.6) is 11.5 Å². The first-order valence-corrected chi connectivity index (χ1v) is 4.88. The van der Waals surface area contributed by atoms with Gasteiger partial charge in [-0.3, -0.25) is 4.79 Å². The quantitative estimate of drug-likeness (QED) is 0.905. The lowest BCUT2D eigenvalue weighted by Gasteiger charge is -2.07. The van der Waals surface area contributed by atoms with Crippen LogP contribution in [0.1, 0.15) is 12.5 Å². The molecule has 0 spiro atoms. The summed E-state index contributed by atoms with van der Waals surface area (Å²) in [5.41, 5.74) is 0.745. The number of carbonyl (C=O) groups is 1. The molecule has 0 aliphatic carbocycles. The van der Waals surface area contributed by atoms with Crippen LogP contribution >= 0.6 is 15.9 Å². The highest BCUT2D eigenvalue weighted by Crippen LogP contribution is 2.34. The number of hydrogen-bond acceptors (Lipinski definition) is 3. The summed E-state index contributed by atoms with van der Waals surface area (Å²) in [5.74, 6) is 0.663. The molecule has 0 aliphatic rings. The fourth-order valence-electron chi connectivity index (χ4n) is 1.18. The lowest BCUT2D eigenvalue weighted by molar-refractivity contribution is -0.116. The lowest BCUT2D eigenvalue weighted by atomic mass is 10.1. The molecule has 0 saturated heterocycles. The van der Waals surface area contributed by atoms with Gasteiger partial charge in [-0.2, -0.15) is 0 Å². The topological polar surface area (TPSA) is 46.5 Å². The monoisotopic (exact) mass is 258 g/mol. The summed E-state index contributed by atoms with van der Waals surface area (Å²) in [7, 11) is 1.51. The normalized spacial score (nSPS) is 9.93. The zero-order chi connectivity index (χ0) is 10.7. The molecule has 4 heteroatoms. The summed E-state index contributed by atoms with van der Waals surface area (Å²) in [6.45, 7) is 1.51. The van der Waals surface area contributed by atoms with Crippen molar-refractivity contribution in [3.63, 3.8) is 0 Å². The van der Waals surface area contributed by atoms with Crippen molar-refractivity contribution in [1.82, 2.24) is 0 Å². The van der Waals surface area contributed by atoms with Crippen LogP contribution < -0.4 is 4.74 Å². The SMILES string of the molecule is COc1cc(CC(C)=O)cc(O)c1Br. The van der Waals surface area contributed by atoms with E-state index in [9.17, 15) is 9.90 Å². The van der Waals surface area contributed by atoms with Crippen LogP contribution in [0.3, 0.4) is 0 Å². The number of phenols is 1. The number of hydrogen-bond donors (Lipinski definition) is 1. The van der Waals surface area contributed by atoms with E-state index in [0.717, 1.165) is 5.56 Å². The van der Waals surface area contributed by atoms with E-state index < -0.39 is 0 Å². The molecular weight excluding hydrogens is 248 g/mol. The zero-order valence-corrected chi connectivity index (χ0v) is 9.59. The largest absolute Gasteiger partial charge is 0.507 e. The van der Waals surface area contributed by atoms with Gasteiger partial charge in [0.05, 0.1) is 7.11 Å². The van der Waals surface area contributed by atoms with Crippen molar-refractivity contribution < 1.29 is 14.6 Å². The van der Waals surface area contributed by atoms with Crippen molar-refractivity contribution in [1.29, 1.82) is 0 Å². The predicted octanol–water partition coefficient (Wildman–Crippen LogP) is 2.29. The van der Waals surface area contributed by atoms with E-state index in [4.69, 9.17) is 4.74 Å². The van der Waals surface area contributed by atoms with Crippen LogP contribution in [0.2, 0.25) is 0 Å². The second kappa shape index (κ2) is 4.46. The van der Waals surface area contributed by atoms with Crippen molar-refractivity contribution in [3.8, 4) is 11.5 Å². The van der Waals surface area contributed by atoms with E-state index in [-0.39, 0.29) is 11.5 Å². The first kappa shape index (κ1) is 11.0. The van der Waals surface area contributed by atoms with Gasteiger partial charge >= 0.3 is 0 Å². The summed E-state index contributed by atoms with van der Waals surface area (Å²) in [6.07, 6.45) is 0.303. The Morgan fingerprint density at radius 2 is 2.21 bits per heavy atom. The Morgan fingerprint density at radius 3 is 2.71 bits per heavy atom. The number of Topliss-reactive ketones (excluding diaryl/α,β-unsaturated/α-hetero) is 1.